The van der Waals surface area contributed by atoms with Crippen molar-refractivity contribution in [2.24, 2.45) is 5.41 Å². The molecule has 1 atom stereocenters. The van der Waals surface area contributed by atoms with E-state index in [0.717, 1.165) is 12.1 Å². The van der Waals surface area contributed by atoms with Crippen molar-refractivity contribution in [1.82, 2.24) is 0 Å². The van der Waals surface area contributed by atoms with Gasteiger partial charge in [-0.25, -0.2) is 13.6 Å². The molecule has 4 nitrogen and oxygen atoms in total. The molecule has 2 rings (SSSR count). The van der Waals surface area contributed by atoms with E-state index < -0.39 is 40.2 Å². The Morgan fingerprint density at radius 3 is 2.38 bits per heavy atom. The Balaban J connectivity index is 2.23. The van der Waals surface area contributed by atoms with Crippen LogP contribution >= 0.6 is 0 Å². The third kappa shape index (κ3) is 4.50. The molecule has 0 aliphatic heterocycles. The van der Waals surface area contributed by atoms with Crippen LogP contribution in [0.3, 0.4) is 0 Å². The van der Waals surface area contributed by atoms with Crippen LogP contribution in [0.25, 0.3) is 0 Å². The molecule has 0 amide bonds. The van der Waals surface area contributed by atoms with Crippen LogP contribution in [0.2, 0.25) is 0 Å². The third-order valence-electron chi connectivity index (χ3n) is 5.07. The molecule has 1 aromatic rings. The first kappa shape index (κ1) is 22.6. The molecule has 0 radical (unpaired) electrons. The SMILES string of the molecule is CC(C=CC1(O)C(C)=CC(=O)CC1(C)C)=CC(=O)Oc1cc(C)c(F)c(F)c1F. The van der Waals surface area contributed by atoms with Gasteiger partial charge in [-0.2, -0.15) is 4.39 Å². The van der Waals surface area contributed by atoms with Crippen LogP contribution in [-0.2, 0) is 9.59 Å². The Morgan fingerprint density at radius 2 is 1.79 bits per heavy atom. The monoisotopic (exact) mass is 408 g/mol. The van der Waals surface area contributed by atoms with E-state index in [4.69, 9.17) is 4.74 Å². The third-order valence-corrected chi connectivity index (χ3v) is 5.07. The fourth-order valence-corrected chi connectivity index (χ4v) is 3.26. The number of allylic oxidation sites excluding steroid dienone is 3. The number of ether oxygens (including phenoxy) is 1. The molecule has 0 heterocycles. The Bertz CT molecular complexity index is 957. The molecular formula is C22H23F3O4. The molecule has 1 aliphatic carbocycles. The van der Waals surface area contributed by atoms with Crippen LogP contribution in [-0.4, -0.2) is 22.5 Å². The molecule has 1 N–H and O–H groups in total. The van der Waals surface area contributed by atoms with Crippen molar-refractivity contribution in [3.63, 3.8) is 0 Å². The largest absolute Gasteiger partial charge is 0.420 e. The summed E-state index contributed by atoms with van der Waals surface area (Å²) >= 11 is 0. The number of ketones is 1. The number of hydrogen-bond acceptors (Lipinski definition) is 4. The highest BCUT2D eigenvalue weighted by Crippen LogP contribution is 2.44. The number of aliphatic hydroxyl groups is 1. The molecule has 0 saturated carbocycles. The smallest absolute Gasteiger partial charge is 0.336 e. The highest BCUT2D eigenvalue weighted by molar-refractivity contribution is 5.92. The molecule has 0 spiro atoms. The maximum Gasteiger partial charge on any atom is 0.336 e. The zero-order valence-corrected chi connectivity index (χ0v) is 16.9. The molecule has 0 saturated heterocycles. The van der Waals surface area contributed by atoms with Gasteiger partial charge >= 0.3 is 5.97 Å². The summed E-state index contributed by atoms with van der Waals surface area (Å²) < 4.78 is 45.3. The minimum Gasteiger partial charge on any atom is -0.420 e. The zero-order valence-electron chi connectivity index (χ0n) is 16.9. The predicted octanol–water partition coefficient (Wildman–Crippen LogP) is 4.50. The number of halogens is 3. The number of esters is 1. The zero-order chi connectivity index (χ0) is 22.1. The standard InChI is InChI=1S/C22H23F3O4/c1-12(6-7-22(28)14(3)10-15(26)11-21(22,4)5)8-17(27)29-16-9-13(2)18(23)20(25)19(16)24/h6-10,28H,11H2,1-5H3. The Labute approximate surface area is 167 Å². The maximum absolute atomic E-state index is 13.7. The lowest BCUT2D eigenvalue weighted by Gasteiger charge is -2.43. The van der Waals surface area contributed by atoms with Gasteiger partial charge in [0.05, 0.1) is 0 Å². The van der Waals surface area contributed by atoms with E-state index >= 15 is 0 Å². The van der Waals surface area contributed by atoms with Gasteiger partial charge in [0, 0.05) is 17.9 Å². The summed E-state index contributed by atoms with van der Waals surface area (Å²) in [6.45, 7) is 7.92. The molecule has 0 aromatic heterocycles. The fraction of sp³-hybridized carbons (Fsp3) is 0.364. The van der Waals surface area contributed by atoms with Crippen molar-refractivity contribution in [1.29, 1.82) is 0 Å². The lowest BCUT2D eigenvalue weighted by molar-refractivity contribution is -0.129. The van der Waals surface area contributed by atoms with E-state index in [2.05, 4.69) is 0 Å². The van der Waals surface area contributed by atoms with Gasteiger partial charge < -0.3 is 9.84 Å². The summed E-state index contributed by atoms with van der Waals surface area (Å²) in [5, 5.41) is 11.0. The minimum atomic E-state index is -1.72. The predicted molar refractivity (Wildman–Crippen MR) is 102 cm³/mol. The molecule has 7 heteroatoms. The van der Waals surface area contributed by atoms with Crippen molar-refractivity contribution in [3.8, 4) is 5.75 Å². The second-order valence-corrected chi connectivity index (χ2v) is 7.90. The van der Waals surface area contributed by atoms with E-state index in [1.54, 1.807) is 27.7 Å². The normalized spacial score (nSPS) is 22.0. The second kappa shape index (κ2) is 7.99. The van der Waals surface area contributed by atoms with Crippen molar-refractivity contribution in [2.75, 3.05) is 0 Å². The first-order valence-corrected chi connectivity index (χ1v) is 8.96. The van der Waals surface area contributed by atoms with E-state index in [9.17, 15) is 27.9 Å². The van der Waals surface area contributed by atoms with Gasteiger partial charge in [0.1, 0.15) is 5.60 Å². The first-order valence-electron chi connectivity index (χ1n) is 8.96. The summed E-state index contributed by atoms with van der Waals surface area (Å²) in [6, 6.07) is 0.892. The van der Waals surface area contributed by atoms with Crippen LogP contribution in [0, 0.1) is 29.8 Å². The van der Waals surface area contributed by atoms with Crippen LogP contribution in [0.15, 0.2) is 41.5 Å². The van der Waals surface area contributed by atoms with E-state index in [1.807, 2.05) is 0 Å². The van der Waals surface area contributed by atoms with E-state index in [0.29, 0.717) is 11.1 Å². The summed E-state index contributed by atoms with van der Waals surface area (Å²) in [6.07, 6.45) is 5.52. The summed E-state index contributed by atoms with van der Waals surface area (Å²) in [7, 11) is 0. The second-order valence-electron chi connectivity index (χ2n) is 7.90. The van der Waals surface area contributed by atoms with Gasteiger partial charge in [0.25, 0.3) is 0 Å². The number of hydrogen-bond donors (Lipinski definition) is 1. The van der Waals surface area contributed by atoms with Gasteiger partial charge in [-0.3, -0.25) is 4.79 Å². The Morgan fingerprint density at radius 1 is 1.17 bits per heavy atom. The lowest BCUT2D eigenvalue weighted by atomic mass is 9.64. The van der Waals surface area contributed by atoms with Crippen LogP contribution < -0.4 is 4.74 Å². The lowest BCUT2D eigenvalue weighted by Crippen LogP contribution is -2.48. The average molecular weight is 408 g/mol. The van der Waals surface area contributed by atoms with Crippen LogP contribution in [0.5, 0.6) is 5.75 Å². The Hall–Kier alpha value is -2.67. The first-order chi connectivity index (χ1) is 13.3. The van der Waals surface area contributed by atoms with Gasteiger partial charge in [-0.1, -0.05) is 19.9 Å². The number of carbonyl (C=O) groups excluding carboxylic acids is 2. The molecular weight excluding hydrogens is 385 g/mol. The van der Waals surface area contributed by atoms with Crippen LogP contribution in [0.1, 0.15) is 39.7 Å². The Kier molecular flexibility index (Phi) is 6.23. The van der Waals surface area contributed by atoms with E-state index in [-0.39, 0.29) is 17.8 Å². The van der Waals surface area contributed by atoms with Crippen molar-refractivity contribution in [3.05, 3.63) is 64.5 Å². The number of aryl methyl sites for hydroxylation is 1. The molecule has 1 aliphatic rings. The molecule has 0 bridgehead atoms. The van der Waals surface area contributed by atoms with Crippen molar-refractivity contribution in [2.45, 2.75) is 46.6 Å². The summed E-state index contributed by atoms with van der Waals surface area (Å²) in [4.78, 5) is 23.8. The number of rotatable bonds is 4. The molecule has 1 aromatic carbocycles. The molecule has 1 unspecified atom stereocenters. The highest BCUT2D eigenvalue weighted by Gasteiger charge is 2.46. The highest BCUT2D eigenvalue weighted by atomic mass is 19.2. The molecule has 0 fully saturated rings. The quantitative estimate of drug-likeness (QED) is 0.262. The summed E-state index contributed by atoms with van der Waals surface area (Å²) in [5.74, 6) is -6.44. The van der Waals surface area contributed by atoms with Crippen molar-refractivity contribution >= 4 is 11.8 Å². The maximum atomic E-state index is 13.7. The van der Waals surface area contributed by atoms with Gasteiger partial charge in [0.15, 0.2) is 23.2 Å². The minimum absolute atomic E-state index is 0.0785. The molecule has 156 valence electrons. The average Bonchev–Trinajstić information content (AvgIpc) is 2.60. The summed E-state index contributed by atoms with van der Waals surface area (Å²) in [5.41, 5.74) is -1.52. The topological polar surface area (TPSA) is 63.6 Å². The van der Waals surface area contributed by atoms with Gasteiger partial charge in [-0.15, -0.1) is 0 Å². The molecule has 29 heavy (non-hydrogen) atoms. The van der Waals surface area contributed by atoms with Gasteiger partial charge in [0.2, 0.25) is 5.82 Å². The van der Waals surface area contributed by atoms with Gasteiger partial charge in [-0.05, 0) is 55.7 Å². The van der Waals surface area contributed by atoms with Crippen molar-refractivity contribution < 1.29 is 32.6 Å². The fourth-order valence-electron chi connectivity index (χ4n) is 3.26. The van der Waals surface area contributed by atoms with Crippen LogP contribution in [0.4, 0.5) is 13.2 Å². The number of benzene rings is 1. The van der Waals surface area contributed by atoms with E-state index in [1.165, 1.54) is 25.2 Å². The number of carbonyl (C=O) groups is 2.